The molecule has 0 aliphatic carbocycles. The van der Waals surface area contributed by atoms with Crippen LogP contribution in [0.5, 0.6) is 11.5 Å². The monoisotopic (exact) mass is 352 g/mol. The molecule has 2 aromatic carbocycles. The van der Waals surface area contributed by atoms with Gasteiger partial charge in [-0.2, -0.15) is 0 Å². The van der Waals surface area contributed by atoms with Crippen LogP contribution in [0.1, 0.15) is 5.56 Å². The summed E-state index contributed by atoms with van der Waals surface area (Å²) in [6, 6.07) is 7.29. The molecule has 0 radical (unpaired) electrons. The van der Waals surface area contributed by atoms with Crippen molar-refractivity contribution in [3.05, 3.63) is 53.6 Å². The summed E-state index contributed by atoms with van der Waals surface area (Å²) < 4.78 is 36.8. The maximum absolute atomic E-state index is 13.5. The SMILES string of the molecule is COc1cc(CNC(=O)Nc2ccc(F)cc2F)ccc1OCCO. The van der Waals surface area contributed by atoms with Gasteiger partial charge in [0.25, 0.3) is 0 Å². The molecule has 0 aromatic heterocycles. The minimum absolute atomic E-state index is 0.118. The van der Waals surface area contributed by atoms with Crippen molar-refractivity contribution >= 4 is 11.7 Å². The molecule has 0 fully saturated rings. The van der Waals surface area contributed by atoms with E-state index in [-0.39, 0.29) is 25.4 Å². The Morgan fingerprint density at radius 1 is 1.16 bits per heavy atom. The Kier molecular flexibility index (Phi) is 6.53. The highest BCUT2D eigenvalue weighted by Crippen LogP contribution is 2.28. The lowest BCUT2D eigenvalue weighted by molar-refractivity contribution is 0.196. The minimum atomic E-state index is -0.859. The number of rotatable bonds is 7. The van der Waals surface area contributed by atoms with Crippen LogP contribution in [0.2, 0.25) is 0 Å². The van der Waals surface area contributed by atoms with Gasteiger partial charge in [-0.1, -0.05) is 6.07 Å². The molecule has 3 N–H and O–H groups in total. The number of carbonyl (C=O) groups is 1. The van der Waals surface area contributed by atoms with Crippen LogP contribution < -0.4 is 20.1 Å². The van der Waals surface area contributed by atoms with Crippen molar-refractivity contribution in [2.45, 2.75) is 6.54 Å². The van der Waals surface area contributed by atoms with E-state index in [9.17, 15) is 13.6 Å². The molecular weight excluding hydrogens is 334 g/mol. The molecule has 0 atom stereocenters. The van der Waals surface area contributed by atoms with E-state index in [1.165, 1.54) is 7.11 Å². The van der Waals surface area contributed by atoms with Gasteiger partial charge in [-0.05, 0) is 29.8 Å². The van der Waals surface area contributed by atoms with E-state index in [4.69, 9.17) is 14.6 Å². The third-order valence-electron chi connectivity index (χ3n) is 3.21. The van der Waals surface area contributed by atoms with Crippen LogP contribution in [-0.4, -0.2) is 31.5 Å². The Balaban J connectivity index is 1.94. The lowest BCUT2D eigenvalue weighted by Gasteiger charge is -2.12. The number of anilines is 1. The quantitative estimate of drug-likeness (QED) is 0.716. The van der Waals surface area contributed by atoms with E-state index in [1.54, 1.807) is 18.2 Å². The molecule has 8 heteroatoms. The molecule has 0 saturated heterocycles. The number of carbonyl (C=O) groups excluding carboxylic acids is 1. The van der Waals surface area contributed by atoms with Crippen LogP contribution in [0.3, 0.4) is 0 Å². The first-order valence-corrected chi connectivity index (χ1v) is 7.44. The Bertz CT molecular complexity index is 741. The van der Waals surface area contributed by atoms with Crippen molar-refractivity contribution in [1.29, 1.82) is 0 Å². The fraction of sp³-hybridized carbons (Fsp3) is 0.235. The van der Waals surface area contributed by atoms with Gasteiger partial charge in [0.1, 0.15) is 18.2 Å². The van der Waals surface area contributed by atoms with E-state index in [1.807, 2.05) is 0 Å². The lowest BCUT2D eigenvalue weighted by Crippen LogP contribution is -2.28. The number of urea groups is 1. The number of aliphatic hydroxyl groups is 1. The van der Waals surface area contributed by atoms with Gasteiger partial charge in [0.2, 0.25) is 0 Å². The second-order valence-electron chi connectivity index (χ2n) is 4.99. The number of halogens is 2. The number of nitrogens with one attached hydrogen (secondary N) is 2. The van der Waals surface area contributed by atoms with E-state index in [0.717, 1.165) is 17.7 Å². The van der Waals surface area contributed by atoms with E-state index in [0.29, 0.717) is 17.6 Å². The summed E-state index contributed by atoms with van der Waals surface area (Å²) in [7, 11) is 1.47. The third kappa shape index (κ3) is 5.32. The summed E-state index contributed by atoms with van der Waals surface area (Å²) in [5, 5.41) is 13.6. The van der Waals surface area contributed by atoms with Crippen LogP contribution in [0.25, 0.3) is 0 Å². The van der Waals surface area contributed by atoms with Gasteiger partial charge in [-0.15, -0.1) is 0 Å². The number of hydrogen-bond acceptors (Lipinski definition) is 4. The number of methoxy groups -OCH3 is 1. The van der Waals surface area contributed by atoms with Crippen molar-refractivity contribution in [1.82, 2.24) is 5.32 Å². The average Bonchev–Trinajstić information content (AvgIpc) is 2.60. The predicted octanol–water partition coefficient (Wildman–Crippen LogP) is 2.67. The molecule has 2 amide bonds. The van der Waals surface area contributed by atoms with Crippen molar-refractivity contribution in [3.8, 4) is 11.5 Å². The first-order valence-electron chi connectivity index (χ1n) is 7.44. The zero-order valence-electron chi connectivity index (χ0n) is 13.5. The van der Waals surface area contributed by atoms with E-state index < -0.39 is 17.7 Å². The minimum Gasteiger partial charge on any atom is -0.493 e. The van der Waals surface area contributed by atoms with Gasteiger partial charge in [0.05, 0.1) is 19.4 Å². The van der Waals surface area contributed by atoms with Gasteiger partial charge < -0.3 is 25.2 Å². The van der Waals surface area contributed by atoms with Crippen LogP contribution in [0.15, 0.2) is 36.4 Å². The zero-order chi connectivity index (χ0) is 18.2. The molecule has 0 unspecified atom stereocenters. The Morgan fingerprint density at radius 3 is 2.64 bits per heavy atom. The van der Waals surface area contributed by atoms with Gasteiger partial charge >= 0.3 is 6.03 Å². The average molecular weight is 352 g/mol. The molecule has 0 saturated carbocycles. The molecule has 134 valence electrons. The lowest BCUT2D eigenvalue weighted by atomic mass is 10.2. The van der Waals surface area contributed by atoms with Crippen molar-refractivity contribution in [3.63, 3.8) is 0 Å². The molecule has 2 aromatic rings. The highest BCUT2D eigenvalue weighted by Gasteiger charge is 2.09. The summed E-state index contributed by atoms with van der Waals surface area (Å²) in [6.07, 6.45) is 0. The van der Waals surface area contributed by atoms with Crippen molar-refractivity contribution < 1.29 is 28.2 Å². The van der Waals surface area contributed by atoms with E-state index >= 15 is 0 Å². The third-order valence-corrected chi connectivity index (χ3v) is 3.21. The Hall–Kier alpha value is -2.87. The summed E-state index contributed by atoms with van der Waals surface area (Å²) in [5.74, 6) is -0.655. The first kappa shape index (κ1) is 18.5. The number of ether oxygens (including phenoxy) is 2. The Morgan fingerprint density at radius 2 is 1.96 bits per heavy atom. The summed E-state index contributed by atoms with van der Waals surface area (Å²) in [5.41, 5.74) is 0.604. The van der Waals surface area contributed by atoms with Crippen molar-refractivity contribution in [2.24, 2.45) is 0 Å². The second kappa shape index (κ2) is 8.84. The van der Waals surface area contributed by atoms with Crippen LogP contribution >= 0.6 is 0 Å². The van der Waals surface area contributed by atoms with Gasteiger partial charge in [-0.25, -0.2) is 13.6 Å². The van der Waals surface area contributed by atoms with Crippen LogP contribution in [0.4, 0.5) is 19.3 Å². The highest BCUT2D eigenvalue weighted by atomic mass is 19.1. The predicted molar refractivity (Wildman–Crippen MR) is 87.8 cm³/mol. The maximum atomic E-state index is 13.5. The summed E-state index contributed by atoms with van der Waals surface area (Å²) in [4.78, 5) is 11.8. The molecule has 0 aliphatic rings. The molecule has 2 rings (SSSR count). The second-order valence-corrected chi connectivity index (χ2v) is 4.99. The number of amides is 2. The maximum Gasteiger partial charge on any atom is 0.319 e. The summed E-state index contributed by atoms with van der Waals surface area (Å²) in [6.45, 7) is 0.178. The van der Waals surface area contributed by atoms with Gasteiger partial charge in [0.15, 0.2) is 11.5 Å². The van der Waals surface area contributed by atoms with Gasteiger partial charge in [-0.3, -0.25) is 0 Å². The fourth-order valence-electron chi connectivity index (χ4n) is 2.04. The molecule has 25 heavy (non-hydrogen) atoms. The normalized spacial score (nSPS) is 10.2. The zero-order valence-corrected chi connectivity index (χ0v) is 13.5. The Labute approximate surface area is 143 Å². The standard InChI is InChI=1S/C17H18F2N2O4/c1-24-16-8-11(2-5-15(16)25-7-6-22)10-20-17(23)21-14-4-3-12(18)9-13(14)19/h2-5,8-9,22H,6-7,10H2,1H3,(H2,20,21,23). The molecule has 0 spiro atoms. The van der Waals surface area contributed by atoms with Crippen LogP contribution in [-0.2, 0) is 6.54 Å². The van der Waals surface area contributed by atoms with E-state index in [2.05, 4.69) is 10.6 Å². The highest BCUT2D eigenvalue weighted by molar-refractivity contribution is 5.89. The van der Waals surface area contributed by atoms with Crippen molar-refractivity contribution in [2.75, 3.05) is 25.6 Å². The molecule has 0 aliphatic heterocycles. The molecular formula is C17H18F2N2O4. The van der Waals surface area contributed by atoms with Crippen LogP contribution in [0, 0.1) is 11.6 Å². The molecule has 0 heterocycles. The molecule has 6 nitrogen and oxygen atoms in total. The van der Waals surface area contributed by atoms with Gasteiger partial charge in [0, 0.05) is 12.6 Å². The summed E-state index contributed by atoms with van der Waals surface area (Å²) >= 11 is 0. The number of aliphatic hydroxyl groups excluding tert-OH is 1. The number of benzene rings is 2. The molecule has 0 bridgehead atoms. The largest absolute Gasteiger partial charge is 0.493 e. The topological polar surface area (TPSA) is 79.8 Å². The fourth-order valence-corrected chi connectivity index (χ4v) is 2.04. The first-order chi connectivity index (χ1) is 12.0. The number of hydrogen-bond donors (Lipinski definition) is 3. The smallest absolute Gasteiger partial charge is 0.319 e.